The summed E-state index contributed by atoms with van der Waals surface area (Å²) in [5.74, 6) is 1.55. The Morgan fingerprint density at radius 2 is 0.844 bits per heavy atom. The van der Waals surface area contributed by atoms with E-state index in [0.29, 0.717) is 45.6 Å². The zero-order valence-electron chi connectivity index (χ0n) is 19.0. The second kappa shape index (κ2) is 11.5. The summed E-state index contributed by atoms with van der Waals surface area (Å²) in [6, 6.07) is 6.19. The first-order valence-electron chi connectivity index (χ1n) is 9.60. The Morgan fingerprint density at radius 3 is 1.06 bits per heavy atom. The molecule has 2 rings (SSSR count). The van der Waals surface area contributed by atoms with Gasteiger partial charge in [0, 0.05) is 24.2 Å². The molecule has 0 saturated heterocycles. The van der Waals surface area contributed by atoms with Gasteiger partial charge in [0.15, 0.2) is 23.0 Å². The minimum absolute atomic E-state index is 0.200. The molecule has 2 amide bonds. The van der Waals surface area contributed by atoms with Crippen LogP contribution in [0.3, 0.4) is 0 Å². The average molecular weight is 448 g/mol. The first-order valence-corrected chi connectivity index (χ1v) is 9.60. The van der Waals surface area contributed by atoms with Gasteiger partial charge in [-0.1, -0.05) is 0 Å². The van der Waals surface area contributed by atoms with Crippen molar-refractivity contribution < 1.29 is 38.0 Å². The predicted octanol–water partition coefficient (Wildman–Crippen LogP) is 1.90. The van der Waals surface area contributed by atoms with Crippen LogP contribution in [0, 0.1) is 0 Å². The number of rotatable bonds is 11. The third-order valence-corrected chi connectivity index (χ3v) is 4.55. The molecular formula is C22H28N2O8. The number of methoxy groups -OCH3 is 6. The van der Waals surface area contributed by atoms with Gasteiger partial charge in [-0.05, 0) is 24.3 Å². The lowest BCUT2D eigenvalue weighted by Gasteiger charge is -2.15. The molecule has 0 aliphatic rings. The smallest absolute Gasteiger partial charge is 0.251 e. The van der Waals surface area contributed by atoms with Crippen molar-refractivity contribution in [3.63, 3.8) is 0 Å². The normalized spacial score (nSPS) is 10.1. The number of nitrogens with one attached hydrogen (secondary N) is 2. The Balaban J connectivity index is 2.00. The largest absolute Gasteiger partial charge is 0.493 e. The number of hydrogen-bond donors (Lipinski definition) is 2. The van der Waals surface area contributed by atoms with Gasteiger partial charge in [0.25, 0.3) is 11.8 Å². The average Bonchev–Trinajstić information content (AvgIpc) is 2.83. The molecule has 0 bridgehead atoms. The van der Waals surface area contributed by atoms with Crippen molar-refractivity contribution in [3.05, 3.63) is 35.4 Å². The molecule has 0 aliphatic carbocycles. The van der Waals surface area contributed by atoms with Crippen molar-refractivity contribution in [2.75, 3.05) is 55.7 Å². The zero-order chi connectivity index (χ0) is 23.7. The summed E-state index contributed by atoms with van der Waals surface area (Å²) < 4.78 is 31.5. The monoisotopic (exact) mass is 448 g/mol. The Hall–Kier alpha value is -3.82. The first kappa shape index (κ1) is 24.4. The van der Waals surface area contributed by atoms with Crippen molar-refractivity contribution in [2.24, 2.45) is 0 Å². The maximum absolute atomic E-state index is 12.5. The maximum atomic E-state index is 12.5. The van der Waals surface area contributed by atoms with Gasteiger partial charge in [0.1, 0.15) is 0 Å². The second-order valence-corrected chi connectivity index (χ2v) is 6.34. The Morgan fingerprint density at radius 1 is 0.562 bits per heavy atom. The highest BCUT2D eigenvalue weighted by molar-refractivity contribution is 5.96. The fourth-order valence-electron chi connectivity index (χ4n) is 2.98. The molecule has 0 heterocycles. The molecule has 0 radical (unpaired) electrons. The third-order valence-electron chi connectivity index (χ3n) is 4.55. The summed E-state index contributed by atoms with van der Waals surface area (Å²) in [7, 11) is 8.85. The Labute approximate surface area is 186 Å². The summed E-state index contributed by atoms with van der Waals surface area (Å²) >= 11 is 0. The highest BCUT2D eigenvalue weighted by Crippen LogP contribution is 2.39. The van der Waals surface area contributed by atoms with Crippen LogP contribution < -0.4 is 39.1 Å². The highest BCUT2D eigenvalue weighted by atomic mass is 16.5. The van der Waals surface area contributed by atoms with E-state index >= 15 is 0 Å². The first-order chi connectivity index (χ1) is 15.4. The van der Waals surface area contributed by atoms with Crippen LogP contribution in [0.15, 0.2) is 24.3 Å². The lowest BCUT2D eigenvalue weighted by atomic mass is 10.1. The van der Waals surface area contributed by atoms with Gasteiger partial charge in [-0.3, -0.25) is 9.59 Å². The van der Waals surface area contributed by atoms with Crippen LogP contribution in [0.5, 0.6) is 34.5 Å². The molecule has 2 aromatic rings. The number of benzene rings is 2. The molecule has 0 fully saturated rings. The molecule has 32 heavy (non-hydrogen) atoms. The molecule has 0 aliphatic heterocycles. The topological polar surface area (TPSA) is 114 Å². The van der Waals surface area contributed by atoms with Gasteiger partial charge < -0.3 is 39.1 Å². The van der Waals surface area contributed by atoms with E-state index in [0.717, 1.165) is 0 Å². The zero-order valence-corrected chi connectivity index (χ0v) is 19.0. The molecule has 2 aromatic carbocycles. The van der Waals surface area contributed by atoms with Crippen LogP contribution in [0.2, 0.25) is 0 Å². The van der Waals surface area contributed by atoms with E-state index in [1.807, 2.05) is 0 Å². The van der Waals surface area contributed by atoms with E-state index in [-0.39, 0.29) is 24.9 Å². The molecule has 0 aromatic heterocycles. The van der Waals surface area contributed by atoms with E-state index < -0.39 is 0 Å². The quantitative estimate of drug-likeness (QED) is 0.501. The summed E-state index contributed by atoms with van der Waals surface area (Å²) in [5.41, 5.74) is 0.658. The van der Waals surface area contributed by atoms with E-state index in [9.17, 15) is 9.59 Å². The van der Waals surface area contributed by atoms with Gasteiger partial charge in [-0.25, -0.2) is 0 Å². The molecule has 0 saturated carbocycles. The fraction of sp³-hybridized carbons (Fsp3) is 0.364. The number of hydrogen-bond acceptors (Lipinski definition) is 8. The molecule has 174 valence electrons. The third kappa shape index (κ3) is 5.45. The lowest BCUT2D eigenvalue weighted by Crippen LogP contribution is -2.34. The summed E-state index contributed by atoms with van der Waals surface area (Å²) in [6.07, 6.45) is 0. The molecule has 0 spiro atoms. The standard InChI is InChI=1S/C22H28N2O8/c1-27-15-9-13(10-16(28-2)19(15)31-5)21(25)23-7-8-24-22(26)14-11-17(29-3)20(32-6)18(12-14)30-4/h9-12H,7-8H2,1-6H3,(H,23,25)(H,24,26). The van der Waals surface area contributed by atoms with E-state index in [1.54, 1.807) is 24.3 Å². The van der Waals surface area contributed by atoms with Gasteiger partial charge >= 0.3 is 0 Å². The van der Waals surface area contributed by atoms with Crippen LogP contribution in [-0.4, -0.2) is 67.6 Å². The van der Waals surface area contributed by atoms with E-state index in [2.05, 4.69) is 10.6 Å². The van der Waals surface area contributed by atoms with Crippen molar-refractivity contribution in [3.8, 4) is 34.5 Å². The Bertz CT molecular complexity index is 833. The number of carbonyl (C=O) groups is 2. The van der Waals surface area contributed by atoms with Crippen LogP contribution in [-0.2, 0) is 0 Å². The van der Waals surface area contributed by atoms with Crippen molar-refractivity contribution >= 4 is 11.8 Å². The number of amides is 2. The van der Waals surface area contributed by atoms with Crippen molar-refractivity contribution in [1.29, 1.82) is 0 Å². The minimum Gasteiger partial charge on any atom is -0.493 e. The minimum atomic E-state index is -0.355. The van der Waals surface area contributed by atoms with Crippen LogP contribution in [0.1, 0.15) is 20.7 Å². The van der Waals surface area contributed by atoms with Gasteiger partial charge in [0.05, 0.1) is 42.7 Å². The van der Waals surface area contributed by atoms with Crippen LogP contribution in [0.25, 0.3) is 0 Å². The van der Waals surface area contributed by atoms with Gasteiger partial charge in [0.2, 0.25) is 11.5 Å². The summed E-state index contributed by atoms with van der Waals surface area (Å²) in [4.78, 5) is 25.0. The van der Waals surface area contributed by atoms with Crippen LogP contribution in [0.4, 0.5) is 0 Å². The van der Waals surface area contributed by atoms with Crippen LogP contribution >= 0.6 is 0 Å². The van der Waals surface area contributed by atoms with E-state index in [4.69, 9.17) is 28.4 Å². The molecule has 10 heteroatoms. The van der Waals surface area contributed by atoms with E-state index in [1.165, 1.54) is 42.7 Å². The fourth-order valence-corrected chi connectivity index (χ4v) is 2.98. The molecule has 0 atom stereocenters. The lowest BCUT2D eigenvalue weighted by molar-refractivity contribution is 0.0927. The summed E-state index contributed by atoms with van der Waals surface area (Å²) in [6.45, 7) is 0.400. The number of ether oxygens (including phenoxy) is 6. The van der Waals surface area contributed by atoms with Crippen molar-refractivity contribution in [1.82, 2.24) is 10.6 Å². The summed E-state index contributed by atoms with van der Waals surface area (Å²) in [5, 5.41) is 5.47. The Kier molecular flexibility index (Phi) is 8.82. The van der Waals surface area contributed by atoms with Gasteiger partial charge in [-0.2, -0.15) is 0 Å². The SMILES string of the molecule is COc1cc(C(=O)NCCNC(=O)c2cc(OC)c(OC)c(OC)c2)cc(OC)c1OC. The molecule has 10 nitrogen and oxygen atoms in total. The molecule has 2 N–H and O–H groups in total. The number of carbonyl (C=O) groups excluding carboxylic acids is 2. The second-order valence-electron chi connectivity index (χ2n) is 6.34. The molecule has 0 unspecified atom stereocenters. The van der Waals surface area contributed by atoms with Gasteiger partial charge in [-0.15, -0.1) is 0 Å². The highest BCUT2D eigenvalue weighted by Gasteiger charge is 2.18. The predicted molar refractivity (Wildman–Crippen MR) is 117 cm³/mol. The molecular weight excluding hydrogens is 420 g/mol. The van der Waals surface area contributed by atoms with Crippen molar-refractivity contribution in [2.45, 2.75) is 0 Å². The maximum Gasteiger partial charge on any atom is 0.251 e.